The van der Waals surface area contributed by atoms with Gasteiger partial charge in [0, 0.05) is 0 Å². The highest BCUT2D eigenvalue weighted by Crippen LogP contribution is 2.23. The van der Waals surface area contributed by atoms with E-state index in [4.69, 9.17) is 12.2 Å². The van der Waals surface area contributed by atoms with E-state index in [1.165, 1.54) is 22.3 Å². The van der Waals surface area contributed by atoms with Crippen LogP contribution in [0.3, 0.4) is 0 Å². The van der Waals surface area contributed by atoms with Gasteiger partial charge in [-0.3, -0.25) is 0 Å². The fraction of sp³-hybridized carbons (Fsp3) is 0. The minimum Gasteiger partial charge on any atom is -0.0788 e. The summed E-state index contributed by atoms with van der Waals surface area (Å²) in [6.45, 7) is 0. The third kappa shape index (κ3) is 3.49. The van der Waals surface area contributed by atoms with Crippen molar-refractivity contribution in [3.05, 3.63) is 120 Å². The summed E-state index contributed by atoms with van der Waals surface area (Å²) >= 11 is 5.71. The molecule has 124 valence electrons. The largest absolute Gasteiger partial charge is 0.0788 e. The minimum absolute atomic E-state index is 0.879. The van der Waals surface area contributed by atoms with Crippen molar-refractivity contribution in [2.24, 2.45) is 0 Å². The molecular weight excluding hydrogens is 332 g/mol. The maximum atomic E-state index is 5.71. The zero-order valence-electron chi connectivity index (χ0n) is 14.3. The van der Waals surface area contributed by atoms with Crippen LogP contribution in [0, 0.1) is 0 Å². The van der Waals surface area contributed by atoms with E-state index in [1.807, 2.05) is 12.1 Å². The molecule has 0 aliphatic rings. The van der Waals surface area contributed by atoms with E-state index in [9.17, 15) is 0 Å². The Bertz CT molecular complexity index is 914. The lowest BCUT2D eigenvalue weighted by molar-refractivity contribution is 1.58. The predicted molar refractivity (Wildman–Crippen MR) is 115 cm³/mol. The summed E-state index contributed by atoms with van der Waals surface area (Å²) < 4.78 is 0. The standard InChI is InChI=1S/C25H18S/c26-25(23-15-11-21(12-16-23)19-7-3-1-4-8-19)24-17-13-22(14-18-24)20-9-5-2-6-10-20/h1-18H. The molecule has 0 saturated heterocycles. The monoisotopic (exact) mass is 350 g/mol. The number of hydrogen-bond acceptors (Lipinski definition) is 1. The number of rotatable bonds is 4. The van der Waals surface area contributed by atoms with Gasteiger partial charge in [0.15, 0.2) is 0 Å². The van der Waals surface area contributed by atoms with Crippen molar-refractivity contribution in [1.29, 1.82) is 0 Å². The molecule has 0 spiro atoms. The van der Waals surface area contributed by atoms with Crippen molar-refractivity contribution in [3.8, 4) is 22.3 Å². The van der Waals surface area contributed by atoms with Gasteiger partial charge in [0.1, 0.15) is 0 Å². The fourth-order valence-electron chi connectivity index (χ4n) is 3.06. The first-order chi connectivity index (χ1) is 12.8. The summed E-state index contributed by atoms with van der Waals surface area (Å²) in [5.41, 5.74) is 7.00. The molecule has 4 rings (SSSR count). The average molecular weight is 350 g/mol. The third-order valence-electron chi connectivity index (χ3n) is 4.51. The van der Waals surface area contributed by atoms with Crippen LogP contribution >= 0.6 is 12.2 Å². The first-order valence-corrected chi connectivity index (χ1v) is 9.08. The Morgan fingerprint density at radius 2 is 0.692 bits per heavy atom. The second kappa shape index (κ2) is 7.47. The van der Waals surface area contributed by atoms with E-state index in [0.29, 0.717) is 0 Å². The third-order valence-corrected chi connectivity index (χ3v) is 4.98. The van der Waals surface area contributed by atoms with Crippen LogP contribution in [0.5, 0.6) is 0 Å². The molecule has 0 heterocycles. The molecule has 0 nitrogen and oxygen atoms in total. The van der Waals surface area contributed by atoms with E-state index < -0.39 is 0 Å². The smallest absolute Gasteiger partial charge is 0.0521 e. The van der Waals surface area contributed by atoms with Gasteiger partial charge >= 0.3 is 0 Å². The molecule has 0 aliphatic carbocycles. The molecule has 0 N–H and O–H groups in total. The molecule has 0 atom stereocenters. The summed E-state index contributed by atoms with van der Waals surface area (Å²) in [6.07, 6.45) is 0. The summed E-state index contributed by atoms with van der Waals surface area (Å²) in [6, 6.07) is 37.7. The Hall–Kier alpha value is -3.03. The lowest BCUT2D eigenvalue weighted by Crippen LogP contribution is -1.99. The summed E-state index contributed by atoms with van der Waals surface area (Å²) in [7, 11) is 0. The molecule has 0 fully saturated rings. The molecule has 0 unspecified atom stereocenters. The highest BCUT2D eigenvalue weighted by atomic mass is 32.1. The highest BCUT2D eigenvalue weighted by Gasteiger charge is 2.06. The molecule has 0 amide bonds. The molecule has 0 radical (unpaired) electrons. The Kier molecular flexibility index (Phi) is 4.72. The second-order valence-electron chi connectivity index (χ2n) is 6.22. The normalized spacial score (nSPS) is 10.5. The second-order valence-corrected chi connectivity index (χ2v) is 6.62. The van der Waals surface area contributed by atoms with E-state index in [0.717, 1.165) is 16.0 Å². The van der Waals surface area contributed by atoms with Crippen LogP contribution in [0.1, 0.15) is 11.1 Å². The maximum Gasteiger partial charge on any atom is 0.0521 e. The van der Waals surface area contributed by atoms with Gasteiger partial charge in [0.25, 0.3) is 0 Å². The molecule has 0 aliphatic heterocycles. The van der Waals surface area contributed by atoms with Gasteiger partial charge in [-0.25, -0.2) is 0 Å². The van der Waals surface area contributed by atoms with E-state index in [-0.39, 0.29) is 0 Å². The first-order valence-electron chi connectivity index (χ1n) is 8.67. The minimum atomic E-state index is 0.879. The Morgan fingerprint density at radius 1 is 0.385 bits per heavy atom. The average Bonchev–Trinajstić information content (AvgIpc) is 2.75. The lowest BCUT2D eigenvalue weighted by Gasteiger charge is -2.08. The molecule has 0 aromatic heterocycles. The summed E-state index contributed by atoms with van der Waals surface area (Å²) in [4.78, 5) is 0.879. The summed E-state index contributed by atoms with van der Waals surface area (Å²) in [5.74, 6) is 0. The van der Waals surface area contributed by atoms with E-state index >= 15 is 0 Å². The van der Waals surface area contributed by atoms with Crippen LogP contribution in [0.4, 0.5) is 0 Å². The SMILES string of the molecule is S=C(c1ccc(-c2ccccc2)cc1)c1ccc(-c2ccccc2)cc1. The van der Waals surface area contributed by atoms with Crippen LogP contribution in [0.25, 0.3) is 22.3 Å². The van der Waals surface area contributed by atoms with Gasteiger partial charge in [-0.15, -0.1) is 0 Å². The topological polar surface area (TPSA) is 0 Å². The van der Waals surface area contributed by atoms with Crippen molar-refractivity contribution < 1.29 is 0 Å². The van der Waals surface area contributed by atoms with Gasteiger partial charge in [0.05, 0.1) is 4.86 Å². The fourth-order valence-corrected chi connectivity index (χ4v) is 3.33. The number of hydrogen-bond donors (Lipinski definition) is 0. The van der Waals surface area contributed by atoms with Crippen molar-refractivity contribution in [2.75, 3.05) is 0 Å². The zero-order chi connectivity index (χ0) is 17.8. The molecule has 0 saturated carbocycles. The molecule has 1 heteroatoms. The Morgan fingerprint density at radius 3 is 1.04 bits per heavy atom. The lowest BCUT2D eigenvalue weighted by atomic mass is 9.98. The van der Waals surface area contributed by atoms with E-state index in [1.54, 1.807) is 0 Å². The molecule has 4 aromatic carbocycles. The summed E-state index contributed by atoms with van der Waals surface area (Å²) in [5, 5.41) is 0. The number of thiocarbonyl (C=S) groups is 1. The quantitative estimate of drug-likeness (QED) is 0.288. The Balaban J connectivity index is 1.56. The molecule has 4 aromatic rings. The first kappa shape index (κ1) is 16.4. The van der Waals surface area contributed by atoms with Gasteiger partial charge in [-0.1, -0.05) is 121 Å². The van der Waals surface area contributed by atoms with Crippen LogP contribution in [0.15, 0.2) is 109 Å². The van der Waals surface area contributed by atoms with Crippen LogP contribution < -0.4 is 0 Å². The molecular formula is C25H18S. The van der Waals surface area contributed by atoms with Gasteiger partial charge in [0.2, 0.25) is 0 Å². The zero-order valence-corrected chi connectivity index (χ0v) is 15.1. The predicted octanol–water partition coefficient (Wildman–Crippen LogP) is 6.79. The van der Waals surface area contributed by atoms with Crippen molar-refractivity contribution in [3.63, 3.8) is 0 Å². The van der Waals surface area contributed by atoms with Gasteiger partial charge < -0.3 is 0 Å². The van der Waals surface area contributed by atoms with Crippen molar-refractivity contribution in [1.82, 2.24) is 0 Å². The van der Waals surface area contributed by atoms with Crippen molar-refractivity contribution in [2.45, 2.75) is 0 Å². The Labute approximate surface area is 159 Å². The van der Waals surface area contributed by atoms with Crippen LogP contribution in [0.2, 0.25) is 0 Å². The van der Waals surface area contributed by atoms with Gasteiger partial charge in [-0.2, -0.15) is 0 Å². The van der Waals surface area contributed by atoms with Crippen LogP contribution in [-0.2, 0) is 0 Å². The number of benzene rings is 4. The molecule has 0 bridgehead atoms. The molecule has 26 heavy (non-hydrogen) atoms. The highest BCUT2D eigenvalue weighted by molar-refractivity contribution is 7.81. The van der Waals surface area contributed by atoms with E-state index in [2.05, 4.69) is 97.1 Å². The van der Waals surface area contributed by atoms with Crippen LogP contribution in [-0.4, -0.2) is 4.86 Å². The van der Waals surface area contributed by atoms with Crippen molar-refractivity contribution >= 4 is 17.1 Å². The van der Waals surface area contributed by atoms with Gasteiger partial charge in [-0.05, 0) is 33.4 Å². The maximum absolute atomic E-state index is 5.71.